The number of fused-ring (bicyclic) bond motifs is 1. The van der Waals surface area contributed by atoms with Crippen LogP contribution in [0.3, 0.4) is 0 Å². The van der Waals surface area contributed by atoms with Crippen molar-refractivity contribution in [3.63, 3.8) is 0 Å². The second-order valence-electron chi connectivity index (χ2n) is 5.27. The standard InChI is InChI=1S/C13H17NO3/c1-13(7-16-8-13)6-14-11-5-17-12-4-9(15)2-3-10(11)12/h2-4,11,14-15H,5-8H2,1H3. The van der Waals surface area contributed by atoms with Gasteiger partial charge in [0.25, 0.3) is 0 Å². The molecular weight excluding hydrogens is 218 g/mol. The molecule has 1 aromatic rings. The molecule has 1 aromatic carbocycles. The highest BCUT2D eigenvalue weighted by Crippen LogP contribution is 2.35. The predicted octanol–water partition coefficient (Wildman–Crippen LogP) is 1.45. The molecule has 2 aliphatic heterocycles. The molecule has 1 atom stereocenters. The Morgan fingerprint density at radius 3 is 3.00 bits per heavy atom. The van der Waals surface area contributed by atoms with E-state index in [2.05, 4.69) is 12.2 Å². The van der Waals surface area contributed by atoms with Gasteiger partial charge < -0.3 is 19.9 Å². The van der Waals surface area contributed by atoms with Crippen LogP contribution >= 0.6 is 0 Å². The quantitative estimate of drug-likeness (QED) is 0.832. The monoisotopic (exact) mass is 235 g/mol. The maximum absolute atomic E-state index is 9.37. The van der Waals surface area contributed by atoms with Gasteiger partial charge in [-0.15, -0.1) is 0 Å². The molecule has 0 aliphatic carbocycles. The summed E-state index contributed by atoms with van der Waals surface area (Å²) in [6.07, 6.45) is 0. The summed E-state index contributed by atoms with van der Waals surface area (Å²) in [6, 6.07) is 5.53. The van der Waals surface area contributed by atoms with E-state index in [1.165, 1.54) is 0 Å². The molecule has 4 nitrogen and oxygen atoms in total. The van der Waals surface area contributed by atoms with Crippen molar-refractivity contribution in [2.24, 2.45) is 5.41 Å². The maximum Gasteiger partial charge on any atom is 0.127 e. The number of benzene rings is 1. The SMILES string of the molecule is CC1(CNC2COc3cc(O)ccc32)COC1. The minimum absolute atomic E-state index is 0.225. The fraction of sp³-hybridized carbons (Fsp3) is 0.538. The molecule has 17 heavy (non-hydrogen) atoms. The van der Waals surface area contributed by atoms with Crippen LogP contribution in [0.25, 0.3) is 0 Å². The van der Waals surface area contributed by atoms with Crippen molar-refractivity contribution in [3.8, 4) is 11.5 Å². The van der Waals surface area contributed by atoms with Gasteiger partial charge in [-0.05, 0) is 12.1 Å². The van der Waals surface area contributed by atoms with Crippen LogP contribution in [0.15, 0.2) is 18.2 Å². The second kappa shape index (κ2) is 3.89. The first kappa shape index (κ1) is 10.9. The highest BCUT2D eigenvalue weighted by molar-refractivity contribution is 5.44. The van der Waals surface area contributed by atoms with Crippen molar-refractivity contribution in [2.75, 3.05) is 26.4 Å². The molecule has 2 heterocycles. The third kappa shape index (κ3) is 1.98. The zero-order valence-corrected chi connectivity index (χ0v) is 9.90. The number of phenols is 1. The fourth-order valence-corrected chi connectivity index (χ4v) is 2.29. The first-order valence-corrected chi connectivity index (χ1v) is 5.93. The van der Waals surface area contributed by atoms with Crippen molar-refractivity contribution in [3.05, 3.63) is 23.8 Å². The molecule has 0 spiro atoms. The van der Waals surface area contributed by atoms with Gasteiger partial charge >= 0.3 is 0 Å². The van der Waals surface area contributed by atoms with E-state index in [9.17, 15) is 5.11 Å². The molecule has 2 N–H and O–H groups in total. The summed E-state index contributed by atoms with van der Waals surface area (Å²) in [7, 11) is 0. The fourth-order valence-electron chi connectivity index (χ4n) is 2.29. The summed E-state index contributed by atoms with van der Waals surface area (Å²) in [6.45, 7) is 5.44. The molecule has 0 bridgehead atoms. The maximum atomic E-state index is 9.37. The molecule has 92 valence electrons. The number of hydrogen-bond acceptors (Lipinski definition) is 4. The summed E-state index contributed by atoms with van der Waals surface area (Å²) >= 11 is 0. The summed E-state index contributed by atoms with van der Waals surface area (Å²) in [5, 5.41) is 12.9. The average molecular weight is 235 g/mol. The Hall–Kier alpha value is -1.26. The van der Waals surface area contributed by atoms with Crippen LogP contribution in [0.1, 0.15) is 18.5 Å². The molecule has 1 unspecified atom stereocenters. The number of rotatable bonds is 3. The van der Waals surface area contributed by atoms with Crippen LogP contribution in [-0.2, 0) is 4.74 Å². The Morgan fingerprint density at radius 1 is 1.47 bits per heavy atom. The number of aromatic hydroxyl groups is 1. The summed E-state index contributed by atoms with van der Waals surface area (Å²) < 4.78 is 10.8. The molecule has 2 aliphatic rings. The largest absolute Gasteiger partial charge is 0.508 e. The van der Waals surface area contributed by atoms with Gasteiger partial charge in [-0.3, -0.25) is 0 Å². The highest BCUT2D eigenvalue weighted by atomic mass is 16.5. The van der Waals surface area contributed by atoms with Crippen molar-refractivity contribution < 1.29 is 14.6 Å². The number of phenolic OH excluding ortho intramolecular Hbond substituents is 1. The molecule has 1 saturated heterocycles. The van der Waals surface area contributed by atoms with Crippen LogP contribution in [0.5, 0.6) is 11.5 Å². The lowest BCUT2D eigenvalue weighted by atomic mass is 9.88. The predicted molar refractivity (Wildman–Crippen MR) is 63.3 cm³/mol. The van der Waals surface area contributed by atoms with Gasteiger partial charge in [0.1, 0.15) is 18.1 Å². The zero-order chi connectivity index (χ0) is 11.9. The molecular formula is C13H17NO3. The molecule has 0 saturated carbocycles. The third-order valence-corrected chi connectivity index (χ3v) is 3.45. The van der Waals surface area contributed by atoms with Crippen LogP contribution in [0.2, 0.25) is 0 Å². The van der Waals surface area contributed by atoms with Crippen molar-refractivity contribution >= 4 is 0 Å². The molecule has 3 rings (SSSR count). The van der Waals surface area contributed by atoms with E-state index in [1.807, 2.05) is 6.07 Å². The Morgan fingerprint density at radius 2 is 2.29 bits per heavy atom. The summed E-state index contributed by atoms with van der Waals surface area (Å²) in [5.41, 5.74) is 1.39. The number of hydrogen-bond donors (Lipinski definition) is 2. The van der Waals surface area contributed by atoms with E-state index in [4.69, 9.17) is 9.47 Å². The zero-order valence-electron chi connectivity index (χ0n) is 9.90. The van der Waals surface area contributed by atoms with E-state index in [-0.39, 0.29) is 17.2 Å². The molecule has 4 heteroatoms. The van der Waals surface area contributed by atoms with Crippen LogP contribution in [-0.4, -0.2) is 31.5 Å². The van der Waals surface area contributed by atoms with Gasteiger partial charge in [0.2, 0.25) is 0 Å². The molecule has 0 radical (unpaired) electrons. The van der Waals surface area contributed by atoms with Crippen LogP contribution < -0.4 is 10.1 Å². The first-order valence-electron chi connectivity index (χ1n) is 5.93. The summed E-state index contributed by atoms with van der Waals surface area (Å²) in [5.74, 6) is 1.04. The van der Waals surface area contributed by atoms with E-state index >= 15 is 0 Å². The normalized spacial score (nSPS) is 24.9. The first-order chi connectivity index (χ1) is 8.16. The topological polar surface area (TPSA) is 50.7 Å². The minimum Gasteiger partial charge on any atom is -0.508 e. The number of nitrogens with one attached hydrogen (secondary N) is 1. The Labute approximate surface area is 101 Å². The van der Waals surface area contributed by atoms with Crippen molar-refractivity contribution in [1.82, 2.24) is 5.32 Å². The number of ether oxygens (including phenoxy) is 2. The summed E-state index contributed by atoms with van der Waals surface area (Å²) in [4.78, 5) is 0. The minimum atomic E-state index is 0.225. The lowest BCUT2D eigenvalue weighted by Crippen LogP contribution is -2.48. The Kier molecular flexibility index (Phi) is 2.49. The third-order valence-electron chi connectivity index (χ3n) is 3.45. The van der Waals surface area contributed by atoms with Gasteiger partial charge in [-0.1, -0.05) is 6.92 Å². The van der Waals surface area contributed by atoms with E-state index < -0.39 is 0 Å². The van der Waals surface area contributed by atoms with Gasteiger partial charge in [0.15, 0.2) is 0 Å². The van der Waals surface area contributed by atoms with E-state index in [0.29, 0.717) is 6.61 Å². The lowest BCUT2D eigenvalue weighted by Gasteiger charge is -2.38. The van der Waals surface area contributed by atoms with Crippen molar-refractivity contribution in [2.45, 2.75) is 13.0 Å². The van der Waals surface area contributed by atoms with Gasteiger partial charge in [0, 0.05) is 23.6 Å². The second-order valence-corrected chi connectivity index (χ2v) is 5.27. The van der Waals surface area contributed by atoms with Crippen LogP contribution in [0.4, 0.5) is 0 Å². The van der Waals surface area contributed by atoms with Gasteiger partial charge in [-0.25, -0.2) is 0 Å². The van der Waals surface area contributed by atoms with Crippen LogP contribution in [0, 0.1) is 5.41 Å². The molecule has 0 amide bonds. The Balaban J connectivity index is 1.67. The van der Waals surface area contributed by atoms with Gasteiger partial charge in [-0.2, -0.15) is 0 Å². The molecule has 0 aromatic heterocycles. The van der Waals surface area contributed by atoms with E-state index in [1.54, 1.807) is 12.1 Å². The Bertz CT molecular complexity index is 429. The highest BCUT2D eigenvalue weighted by Gasteiger charge is 2.35. The average Bonchev–Trinajstić information content (AvgIpc) is 2.66. The molecule has 1 fully saturated rings. The van der Waals surface area contributed by atoms with Gasteiger partial charge in [0.05, 0.1) is 19.3 Å². The van der Waals surface area contributed by atoms with Crippen molar-refractivity contribution in [1.29, 1.82) is 0 Å². The smallest absolute Gasteiger partial charge is 0.127 e. The van der Waals surface area contributed by atoms with E-state index in [0.717, 1.165) is 31.1 Å². The lowest BCUT2D eigenvalue weighted by molar-refractivity contribution is -0.100.